The van der Waals surface area contributed by atoms with Gasteiger partial charge in [0.25, 0.3) is 0 Å². The molecule has 0 saturated heterocycles. The van der Waals surface area contributed by atoms with E-state index in [9.17, 15) is 9.90 Å². The second kappa shape index (κ2) is 6.74. The zero-order valence-corrected chi connectivity index (χ0v) is 13.0. The standard InChI is InChI=1S/C16H30O3/c1-5-15(2,3)14(17)19-13-9-7-6-8-11-16(4,18)12-10-13/h13,18H,5-12H2,1-4H3. The Labute approximate surface area is 117 Å². The fraction of sp³-hybridized carbons (Fsp3) is 0.938. The van der Waals surface area contributed by atoms with Crippen molar-refractivity contribution >= 4 is 5.97 Å². The van der Waals surface area contributed by atoms with Crippen molar-refractivity contribution < 1.29 is 14.6 Å². The first-order valence-electron chi connectivity index (χ1n) is 7.70. The van der Waals surface area contributed by atoms with Gasteiger partial charge in [0.15, 0.2) is 0 Å². The highest BCUT2D eigenvalue weighted by Gasteiger charge is 2.31. The van der Waals surface area contributed by atoms with E-state index in [-0.39, 0.29) is 12.1 Å². The Morgan fingerprint density at radius 2 is 1.95 bits per heavy atom. The summed E-state index contributed by atoms with van der Waals surface area (Å²) in [5.41, 5.74) is -1.00. The van der Waals surface area contributed by atoms with Crippen LogP contribution < -0.4 is 0 Å². The number of carbonyl (C=O) groups excluding carboxylic acids is 1. The normalized spacial score (nSPS) is 30.1. The molecule has 1 N–H and O–H groups in total. The third kappa shape index (κ3) is 5.52. The Morgan fingerprint density at radius 3 is 2.58 bits per heavy atom. The first-order valence-corrected chi connectivity index (χ1v) is 7.70. The second-order valence-corrected chi connectivity index (χ2v) is 6.90. The first-order chi connectivity index (χ1) is 8.77. The Morgan fingerprint density at radius 1 is 1.26 bits per heavy atom. The smallest absolute Gasteiger partial charge is 0.311 e. The molecule has 0 amide bonds. The predicted octanol–water partition coefficient (Wildman–Crippen LogP) is 3.83. The molecule has 1 rings (SSSR count). The van der Waals surface area contributed by atoms with Gasteiger partial charge in [-0.2, -0.15) is 0 Å². The molecule has 1 fully saturated rings. The molecule has 0 radical (unpaired) electrons. The molecule has 1 aliphatic carbocycles. The molecule has 0 aliphatic heterocycles. The van der Waals surface area contributed by atoms with Gasteiger partial charge in [-0.3, -0.25) is 4.79 Å². The Kier molecular flexibility index (Phi) is 5.84. The molecule has 0 aromatic rings. The summed E-state index contributed by atoms with van der Waals surface area (Å²) in [7, 11) is 0. The molecular weight excluding hydrogens is 240 g/mol. The van der Waals surface area contributed by atoms with E-state index in [0.29, 0.717) is 0 Å². The van der Waals surface area contributed by atoms with Crippen LogP contribution in [-0.4, -0.2) is 22.8 Å². The van der Waals surface area contributed by atoms with Gasteiger partial charge in [0.2, 0.25) is 0 Å². The fourth-order valence-electron chi connectivity index (χ4n) is 2.37. The molecule has 0 bridgehead atoms. The number of hydrogen-bond donors (Lipinski definition) is 1. The third-order valence-electron chi connectivity index (χ3n) is 4.46. The molecule has 2 atom stereocenters. The lowest BCUT2D eigenvalue weighted by atomic mass is 9.90. The van der Waals surface area contributed by atoms with Crippen LogP contribution in [0.5, 0.6) is 0 Å². The largest absolute Gasteiger partial charge is 0.462 e. The van der Waals surface area contributed by atoms with E-state index in [0.717, 1.165) is 51.4 Å². The van der Waals surface area contributed by atoms with Crippen molar-refractivity contribution in [3.63, 3.8) is 0 Å². The molecule has 0 spiro atoms. The Balaban J connectivity index is 2.58. The zero-order valence-electron chi connectivity index (χ0n) is 13.0. The number of rotatable bonds is 3. The average Bonchev–Trinajstić information content (AvgIpc) is 2.41. The topological polar surface area (TPSA) is 46.5 Å². The van der Waals surface area contributed by atoms with Crippen molar-refractivity contribution in [3.05, 3.63) is 0 Å². The van der Waals surface area contributed by atoms with Gasteiger partial charge in [-0.15, -0.1) is 0 Å². The minimum absolute atomic E-state index is 0.0251. The minimum Gasteiger partial charge on any atom is -0.462 e. The fourth-order valence-corrected chi connectivity index (χ4v) is 2.37. The van der Waals surface area contributed by atoms with Crippen molar-refractivity contribution in [2.75, 3.05) is 0 Å². The summed E-state index contributed by atoms with van der Waals surface area (Å²) in [5, 5.41) is 10.2. The molecule has 0 heterocycles. The van der Waals surface area contributed by atoms with E-state index in [1.165, 1.54) is 0 Å². The van der Waals surface area contributed by atoms with Gasteiger partial charge in [0.1, 0.15) is 6.10 Å². The van der Waals surface area contributed by atoms with Gasteiger partial charge >= 0.3 is 5.97 Å². The van der Waals surface area contributed by atoms with Crippen LogP contribution in [0.15, 0.2) is 0 Å². The van der Waals surface area contributed by atoms with Gasteiger partial charge in [-0.05, 0) is 59.3 Å². The van der Waals surface area contributed by atoms with Crippen LogP contribution in [0.4, 0.5) is 0 Å². The highest BCUT2D eigenvalue weighted by Crippen LogP contribution is 2.29. The highest BCUT2D eigenvalue weighted by atomic mass is 16.5. The average molecular weight is 270 g/mol. The van der Waals surface area contributed by atoms with Gasteiger partial charge in [-0.25, -0.2) is 0 Å². The monoisotopic (exact) mass is 270 g/mol. The quantitative estimate of drug-likeness (QED) is 0.793. The van der Waals surface area contributed by atoms with Crippen LogP contribution in [0.1, 0.15) is 79.1 Å². The van der Waals surface area contributed by atoms with Crippen LogP contribution >= 0.6 is 0 Å². The number of hydrogen-bond acceptors (Lipinski definition) is 3. The second-order valence-electron chi connectivity index (χ2n) is 6.90. The number of ether oxygens (including phenoxy) is 1. The molecule has 0 aromatic heterocycles. The van der Waals surface area contributed by atoms with Crippen LogP contribution in [0.2, 0.25) is 0 Å². The minimum atomic E-state index is -0.602. The molecule has 3 heteroatoms. The summed E-state index contributed by atoms with van der Waals surface area (Å²) < 4.78 is 5.68. The summed E-state index contributed by atoms with van der Waals surface area (Å²) >= 11 is 0. The first kappa shape index (κ1) is 16.5. The summed E-state index contributed by atoms with van der Waals surface area (Å²) in [6, 6.07) is 0. The third-order valence-corrected chi connectivity index (χ3v) is 4.46. The van der Waals surface area contributed by atoms with E-state index < -0.39 is 11.0 Å². The summed E-state index contributed by atoms with van der Waals surface area (Å²) in [6.45, 7) is 7.77. The van der Waals surface area contributed by atoms with E-state index in [1.54, 1.807) is 0 Å². The maximum absolute atomic E-state index is 12.1. The van der Waals surface area contributed by atoms with Gasteiger partial charge in [0.05, 0.1) is 11.0 Å². The van der Waals surface area contributed by atoms with Crippen molar-refractivity contribution in [1.29, 1.82) is 0 Å². The van der Waals surface area contributed by atoms with Gasteiger partial charge in [-0.1, -0.05) is 19.8 Å². The summed E-state index contributed by atoms with van der Waals surface area (Å²) in [5.74, 6) is -0.0983. The zero-order chi connectivity index (χ0) is 14.5. The molecule has 1 aliphatic rings. The van der Waals surface area contributed by atoms with Crippen molar-refractivity contribution in [2.24, 2.45) is 5.41 Å². The van der Waals surface area contributed by atoms with E-state index in [4.69, 9.17) is 4.74 Å². The lowest BCUT2D eigenvalue weighted by Crippen LogP contribution is -2.31. The Bertz CT molecular complexity index is 294. The lowest BCUT2D eigenvalue weighted by Gasteiger charge is -2.27. The van der Waals surface area contributed by atoms with Crippen molar-refractivity contribution in [2.45, 2.75) is 90.8 Å². The maximum Gasteiger partial charge on any atom is 0.311 e. The molecule has 19 heavy (non-hydrogen) atoms. The number of esters is 1. The molecule has 3 nitrogen and oxygen atoms in total. The summed E-state index contributed by atoms with van der Waals surface area (Å²) in [4.78, 5) is 12.1. The predicted molar refractivity (Wildman–Crippen MR) is 76.9 cm³/mol. The van der Waals surface area contributed by atoms with Gasteiger partial charge < -0.3 is 9.84 Å². The Hall–Kier alpha value is -0.570. The molecule has 112 valence electrons. The van der Waals surface area contributed by atoms with E-state index in [1.807, 2.05) is 27.7 Å². The van der Waals surface area contributed by atoms with Crippen molar-refractivity contribution in [1.82, 2.24) is 0 Å². The van der Waals surface area contributed by atoms with E-state index in [2.05, 4.69) is 0 Å². The maximum atomic E-state index is 12.1. The number of carbonyl (C=O) groups is 1. The van der Waals surface area contributed by atoms with Crippen LogP contribution in [-0.2, 0) is 9.53 Å². The molecular formula is C16H30O3. The van der Waals surface area contributed by atoms with E-state index >= 15 is 0 Å². The summed E-state index contributed by atoms with van der Waals surface area (Å²) in [6.07, 6.45) is 7.31. The highest BCUT2D eigenvalue weighted by molar-refractivity contribution is 5.75. The molecule has 0 aromatic carbocycles. The SMILES string of the molecule is CCC(C)(C)C(=O)OC1CCCCCC(C)(O)CC1. The van der Waals surface area contributed by atoms with Crippen LogP contribution in [0.25, 0.3) is 0 Å². The van der Waals surface area contributed by atoms with Crippen LogP contribution in [0, 0.1) is 5.41 Å². The number of aliphatic hydroxyl groups is 1. The van der Waals surface area contributed by atoms with Crippen LogP contribution in [0.3, 0.4) is 0 Å². The van der Waals surface area contributed by atoms with Crippen molar-refractivity contribution in [3.8, 4) is 0 Å². The molecule has 1 saturated carbocycles. The molecule has 2 unspecified atom stereocenters. The van der Waals surface area contributed by atoms with Gasteiger partial charge in [0, 0.05) is 0 Å². The lowest BCUT2D eigenvalue weighted by molar-refractivity contribution is -0.161.